The molecule has 2 unspecified atom stereocenters. The number of Topliss-reactive ketones (excluding diaryl/α,β-unsaturated/α-hetero) is 1. The maximum Gasteiger partial charge on any atom is 0.320 e. The van der Waals surface area contributed by atoms with Crippen LogP contribution in [-0.2, 0) is 19.1 Å². The Morgan fingerprint density at radius 1 is 1.20 bits per heavy atom. The summed E-state index contributed by atoms with van der Waals surface area (Å²) in [4.78, 5) is 34.7. The molecule has 0 saturated carbocycles. The topological polar surface area (TPSA) is 110 Å². The molecule has 0 aliphatic heterocycles. The Balaban J connectivity index is 5.35. The molecule has 0 saturated heterocycles. The molecule has 0 fully saturated rings. The van der Waals surface area contributed by atoms with Gasteiger partial charge in [0.15, 0.2) is 6.10 Å². The first-order chi connectivity index (χ1) is 8.99. The van der Waals surface area contributed by atoms with Gasteiger partial charge in [0.25, 0.3) is 0 Å². The first-order valence-corrected chi connectivity index (χ1v) is 6.44. The van der Waals surface area contributed by atoms with Gasteiger partial charge in [0, 0.05) is 5.92 Å². The number of carbonyl (C=O) groups is 3. The van der Waals surface area contributed by atoms with E-state index in [0.717, 1.165) is 0 Å². The summed E-state index contributed by atoms with van der Waals surface area (Å²) in [6.45, 7) is 2.98. The van der Waals surface area contributed by atoms with Crippen LogP contribution in [0.1, 0.15) is 13.8 Å². The molecule has 20 heavy (non-hydrogen) atoms. The van der Waals surface area contributed by atoms with Gasteiger partial charge in [-0.3, -0.25) is 9.59 Å². The molecular formula is C13H24N2O5. The number of esters is 1. The first-order valence-electron chi connectivity index (χ1n) is 6.44. The van der Waals surface area contributed by atoms with Crippen LogP contribution in [0.4, 0.5) is 0 Å². The molecule has 0 bridgehead atoms. The van der Waals surface area contributed by atoms with E-state index in [1.54, 1.807) is 35.0 Å². The number of ether oxygens (including phenoxy) is 1. The van der Waals surface area contributed by atoms with Crippen LogP contribution in [0.3, 0.4) is 0 Å². The van der Waals surface area contributed by atoms with Crippen molar-refractivity contribution in [1.29, 1.82) is 0 Å². The molecule has 0 aliphatic rings. The zero-order valence-corrected chi connectivity index (χ0v) is 12.7. The van der Waals surface area contributed by atoms with Gasteiger partial charge in [0.2, 0.25) is 0 Å². The fraction of sp³-hybridized carbons (Fsp3) is 0.769. The summed E-state index contributed by atoms with van der Waals surface area (Å²) >= 11 is 0. The predicted octanol–water partition coefficient (Wildman–Crippen LogP) is -1.85. The molecule has 0 aromatic rings. The van der Waals surface area contributed by atoms with E-state index in [0.29, 0.717) is 4.48 Å². The van der Waals surface area contributed by atoms with Crippen molar-refractivity contribution in [3.05, 3.63) is 0 Å². The Labute approximate surface area is 119 Å². The van der Waals surface area contributed by atoms with Crippen LogP contribution in [-0.4, -0.2) is 62.5 Å². The third-order valence-electron chi connectivity index (χ3n) is 2.68. The second-order valence-corrected chi connectivity index (χ2v) is 6.06. The number of rotatable bonds is 8. The van der Waals surface area contributed by atoms with Crippen molar-refractivity contribution in [2.45, 2.75) is 20.0 Å². The number of hydrogen-bond donors (Lipinski definition) is 1. The van der Waals surface area contributed by atoms with Gasteiger partial charge in [0.1, 0.15) is 18.2 Å². The standard InChI is InChI=1S/C13H24N2O5/c1-8(2)12(17)11(13(18)19)9(7-15(3,4)5)20-10(16)6-14/h8-9,11H,6-7,14H2,1-5H3. The Morgan fingerprint density at radius 3 is 2.00 bits per heavy atom. The Kier molecular flexibility index (Phi) is 6.81. The number of quaternary nitrogens is 1. The van der Waals surface area contributed by atoms with E-state index in [9.17, 15) is 19.5 Å². The summed E-state index contributed by atoms with van der Waals surface area (Å²) in [6.07, 6.45) is -1.09. The quantitative estimate of drug-likeness (QED) is 0.319. The Bertz CT molecular complexity index is 373. The van der Waals surface area contributed by atoms with Crippen LogP contribution in [0.5, 0.6) is 0 Å². The molecule has 116 valence electrons. The van der Waals surface area contributed by atoms with Crippen LogP contribution in [0.25, 0.3) is 0 Å². The second kappa shape index (κ2) is 7.35. The fourth-order valence-electron chi connectivity index (χ4n) is 1.78. The zero-order valence-electron chi connectivity index (χ0n) is 12.7. The van der Waals surface area contributed by atoms with E-state index in [4.69, 9.17) is 10.5 Å². The van der Waals surface area contributed by atoms with E-state index in [1.807, 2.05) is 0 Å². The molecule has 7 heteroatoms. The van der Waals surface area contributed by atoms with Crippen molar-refractivity contribution in [2.24, 2.45) is 17.6 Å². The number of hydrogen-bond acceptors (Lipinski definition) is 6. The molecule has 2 atom stereocenters. The number of carboxylic acids is 1. The van der Waals surface area contributed by atoms with Crippen LogP contribution in [0, 0.1) is 11.8 Å². The Morgan fingerprint density at radius 2 is 1.70 bits per heavy atom. The maximum absolute atomic E-state index is 12.0. The van der Waals surface area contributed by atoms with Gasteiger partial charge in [-0.1, -0.05) is 13.8 Å². The molecule has 2 N–H and O–H groups in total. The number of aliphatic carboxylic acids is 1. The normalized spacial score (nSPS) is 14.8. The summed E-state index contributed by atoms with van der Waals surface area (Å²) in [5.74, 6) is -4.78. The van der Waals surface area contributed by atoms with E-state index < -0.39 is 35.7 Å². The molecule has 0 aromatic heterocycles. The average molecular weight is 288 g/mol. The highest BCUT2D eigenvalue weighted by atomic mass is 16.5. The number of carbonyl (C=O) groups excluding carboxylic acids is 3. The SMILES string of the molecule is CC(C)C(=O)C(C(=O)[O-])C(C[N+](C)(C)C)OC(=O)CN. The van der Waals surface area contributed by atoms with Gasteiger partial charge in [-0.05, 0) is 0 Å². The summed E-state index contributed by atoms with van der Waals surface area (Å²) in [6, 6.07) is 0. The molecule has 0 heterocycles. The highest BCUT2D eigenvalue weighted by Gasteiger charge is 2.37. The highest BCUT2D eigenvalue weighted by Crippen LogP contribution is 2.17. The fourth-order valence-corrected chi connectivity index (χ4v) is 1.78. The smallest absolute Gasteiger partial charge is 0.320 e. The van der Waals surface area contributed by atoms with E-state index >= 15 is 0 Å². The lowest BCUT2D eigenvalue weighted by molar-refractivity contribution is -0.873. The molecular weight excluding hydrogens is 264 g/mol. The van der Waals surface area contributed by atoms with E-state index in [-0.39, 0.29) is 13.1 Å². The molecule has 0 spiro atoms. The largest absolute Gasteiger partial charge is 0.549 e. The zero-order chi connectivity index (χ0) is 16.1. The summed E-state index contributed by atoms with van der Waals surface area (Å²) in [7, 11) is 5.40. The highest BCUT2D eigenvalue weighted by molar-refractivity contribution is 5.99. The minimum Gasteiger partial charge on any atom is -0.549 e. The van der Waals surface area contributed by atoms with Crippen molar-refractivity contribution in [3.63, 3.8) is 0 Å². The number of ketones is 1. The minimum atomic E-state index is -1.54. The number of likely N-dealkylation sites (N-methyl/N-ethyl adjacent to an activating group) is 1. The van der Waals surface area contributed by atoms with Crippen molar-refractivity contribution < 1.29 is 28.7 Å². The second-order valence-electron chi connectivity index (χ2n) is 6.06. The van der Waals surface area contributed by atoms with Crippen LogP contribution >= 0.6 is 0 Å². The monoisotopic (exact) mass is 288 g/mol. The third kappa shape index (κ3) is 6.12. The molecule has 0 rings (SSSR count). The van der Waals surface area contributed by atoms with E-state index in [1.165, 1.54) is 0 Å². The third-order valence-corrected chi connectivity index (χ3v) is 2.68. The number of nitrogens with two attached hydrogens (primary N) is 1. The predicted molar refractivity (Wildman–Crippen MR) is 70.2 cm³/mol. The summed E-state index contributed by atoms with van der Waals surface area (Å²) < 4.78 is 5.38. The molecule has 0 amide bonds. The van der Waals surface area contributed by atoms with Gasteiger partial charge < -0.3 is 24.9 Å². The lowest BCUT2D eigenvalue weighted by Gasteiger charge is -2.33. The van der Waals surface area contributed by atoms with Gasteiger partial charge >= 0.3 is 5.97 Å². The summed E-state index contributed by atoms with van der Waals surface area (Å²) in [5.41, 5.74) is 5.17. The van der Waals surface area contributed by atoms with Crippen LogP contribution in [0.15, 0.2) is 0 Å². The maximum atomic E-state index is 12.0. The van der Waals surface area contributed by atoms with Crippen LogP contribution < -0.4 is 10.8 Å². The van der Waals surface area contributed by atoms with Gasteiger partial charge in [-0.15, -0.1) is 0 Å². The van der Waals surface area contributed by atoms with Crippen molar-refractivity contribution in [3.8, 4) is 0 Å². The summed E-state index contributed by atoms with van der Waals surface area (Å²) in [5, 5.41) is 11.3. The molecule has 0 aliphatic carbocycles. The lowest BCUT2D eigenvalue weighted by Crippen LogP contribution is -2.53. The van der Waals surface area contributed by atoms with Crippen LogP contribution in [0.2, 0.25) is 0 Å². The molecule has 0 radical (unpaired) electrons. The molecule has 7 nitrogen and oxygen atoms in total. The first kappa shape index (κ1) is 18.5. The van der Waals surface area contributed by atoms with Gasteiger partial charge in [-0.2, -0.15) is 0 Å². The van der Waals surface area contributed by atoms with Gasteiger partial charge in [0.05, 0.1) is 33.7 Å². The molecule has 0 aromatic carbocycles. The van der Waals surface area contributed by atoms with Crippen molar-refractivity contribution in [1.82, 2.24) is 0 Å². The van der Waals surface area contributed by atoms with Gasteiger partial charge in [-0.25, -0.2) is 0 Å². The van der Waals surface area contributed by atoms with Crippen molar-refractivity contribution >= 4 is 17.7 Å². The average Bonchev–Trinajstić information content (AvgIpc) is 2.25. The number of carboxylic acid groups (broad SMARTS) is 1. The van der Waals surface area contributed by atoms with E-state index in [2.05, 4.69) is 0 Å². The van der Waals surface area contributed by atoms with Crippen molar-refractivity contribution in [2.75, 3.05) is 34.2 Å². The number of nitrogens with zero attached hydrogens (tertiary/aromatic N) is 1. The Hall–Kier alpha value is -1.47. The minimum absolute atomic E-state index is 0.169. The lowest BCUT2D eigenvalue weighted by atomic mass is 9.90.